The number of rotatable bonds is 7. The number of ether oxygens (including phenoxy) is 1. The standard InChI is InChI=1S/C21H26N6O2/c1-26(2)10-5-6-11-27-12-9-16(14-27)29-20-17-8-4-3-7-15(17)13-18(22-20)19-23-21(28)25-24-19/h3-8,13,16H,9-12,14H2,1-2H3,(H2,23,24,25,28)/b6-5+/t16-/m0/s1. The van der Waals surface area contributed by atoms with Gasteiger partial charge in [-0.25, -0.2) is 14.9 Å². The number of hydrogen-bond acceptors (Lipinski definition) is 6. The highest BCUT2D eigenvalue weighted by Gasteiger charge is 2.24. The molecule has 0 spiro atoms. The molecular formula is C21H26N6O2. The first-order valence-electron chi connectivity index (χ1n) is 9.82. The third kappa shape index (κ3) is 4.72. The van der Waals surface area contributed by atoms with Crippen molar-refractivity contribution in [1.29, 1.82) is 0 Å². The lowest BCUT2D eigenvalue weighted by atomic mass is 10.1. The first-order valence-corrected chi connectivity index (χ1v) is 9.82. The summed E-state index contributed by atoms with van der Waals surface area (Å²) in [5.74, 6) is 0.988. The van der Waals surface area contributed by atoms with E-state index in [1.54, 1.807) is 0 Å². The SMILES string of the molecule is CN(C)C/C=C/CN1CC[C@H](Oc2nc(-c3n[nH]c(=O)[nH]3)cc3ccccc23)C1. The van der Waals surface area contributed by atoms with Gasteiger partial charge >= 0.3 is 5.69 Å². The Morgan fingerprint density at radius 2 is 2.17 bits per heavy atom. The number of hydrogen-bond donors (Lipinski definition) is 2. The minimum Gasteiger partial charge on any atom is -0.472 e. The van der Waals surface area contributed by atoms with Crippen molar-refractivity contribution in [3.05, 3.63) is 53.0 Å². The molecule has 2 aromatic heterocycles. The van der Waals surface area contributed by atoms with E-state index in [0.717, 1.165) is 43.4 Å². The predicted octanol–water partition coefficient (Wildman–Crippen LogP) is 1.88. The van der Waals surface area contributed by atoms with E-state index in [1.165, 1.54) is 0 Å². The minimum atomic E-state index is -0.355. The maximum atomic E-state index is 11.4. The maximum absolute atomic E-state index is 11.4. The van der Waals surface area contributed by atoms with E-state index in [-0.39, 0.29) is 11.8 Å². The average Bonchev–Trinajstić information content (AvgIpc) is 3.34. The number of likely N-dealkylation sites (tertiary alicyclic amines) is 1. The van der Waals surface area contributed by atoms with Gasteiger partial charge in [-0.15, -0.1) is 0 Å². The lowest BCUT2D eigenvalue weighted by Gasteiger charge is -2.16. The van der Waals surface area contributed by atoms with E-state index in [0.29, 0.717) is 17.4 Å². The number of nitrogens with one attached hydrogen (secondary N) is 2. The summed E-state index contributed by atoms with van der Waals surface area (Å²) in [6.07, 6.45) is 5.45. The van der Waals surface area contributed by atoms with Crippen LogP contribution in [0.2, 0.25) is 0 Å². The number of H-pyrrole nitrogens is 2. The van der Waals surface area contributed by atoms with Crippen LogP contribution >= 0.6 is 0 Å². The maximum Gasteiger partial charge on any atom is 0.340 e. The Kier molecular flexibility index (Phi) is 5.73. The number of benzene rings is 1. The second-order valence-corrected chi connectivity index (χ2v) is 7.58. The van der Waals surface area contributed by atoms with E-state index in [9.17, 15) is 4.79 Å². The second kappa shape index (κ2) is 8.59. The molecule has 4 rings (SSSR count). The Hall–Kier alpha value is -2.97. The number of pyridine rings is 1. The molecule has 3 heterocycles. The molecule has 1 aromatic carbocycles. The highest BCUT2D eigenvalue weighted by molar-refractivity contribution is 5.89. The zero-order valence-electron chi connectivity index (χ0n) is 16.8. The first-order chi connectivity index (χ1) is 14.1. The topological polar surface area (TPSA) is 90.1 Å². The normalized spacial score (nSPS) is 17.7. The van der Waals surface area contributed by atoms with Crippen LogP contribution in [0.3, 0.4) is 0 Å². The van der Waals surface area contributed by atoms with Crippen LogP contribution in [0.5, 0.6) is 5.88 Å². The molecular weight excluding hydrogens is 368 g/mol. The smallest absolute Gasteiger partial charge is 0.340 e. The molecule has 0 unspecified atom stereocenters. The van der Waals surface area contributed by atoms with Crippen LogP contribution in [-0.4, -0.2) is 76.3 Å². The van der Waals surface area contributed by atoms with Gasteiger partial charge in [0, 0.05) is 31.6 Å². The van der Waals surface area contributed by atoms with E-state index >= 15 is 0 Å². The second-order valence-electron chi connectivity index (χ2n) is 7.58. The Morgan fingerprint density at radius 1 is 1.31 bits per heavy atom. The highest BCUT2D eigenvalue weighted by atomic mass is 16.5. The Labute approximate surface area is 169 Å². The minimum absolute atomic E-state index is 0.0848. The fourth-order valence-corrected chi connectivity index (χ4v) is 3.50. The largest absolute Gasteiger partial charge is 0.472 e. The van der Waals surface area contributed by atoms with Gasteiger partial charge in [0.25, 0.3) is 0 Å². The summed E-state index contributed by atoms with van der Waals surface area (Å²) in [6.45, 7) is 3.75. The third-order valence-corrected chi connectivity index (χ3v) is 4.96. The van der Waals surface area contributed by atoms with Gasteiger partial charge in [0.1, 0.15) is 11.8 Å². The molecule has 0 aliphatic carbocycles. The van der Waals surface area contributed by atoms with Crippen LogP contribution in [0.1, 0.15) is 6.42 Å². The number of nitrogens with zero attached hydrogens (tertiary/aromatic N) is 4. The molecule has 0 amide bonds. The van der Waals surface area contributed by atoms with Gasteiger partial charge in [0.2, 0.25) is 5.88 Å². The number of likely N-dealkylation sites (N-methyl/N-ethyl adjacent to an activating group) is 1. The van der Waals surface area contributed by atoms with Crippen molar-refractivity contribution in [2.24, 2.45) is 0 Å². The molecule has 1 atom stereocenters. The van der Waals surface area contributed by atoms with E-state index < -0.39 is 0 Å². The molecule has 1 saturated heterocycles. The van der Waals surface area contributed by atoms with E-state index in [4.69, 9.17) is 4.74 Å². The third-order valence-electron chi connectivity index (χ3n) is 4.96. The van der Waals surface area contributed by atoms with Gasteiger partial charge in [0.05, 0.1) is 0 Å². The number of aromatic amines is 2. The van der Waals surface area contributed by atoms with E-state index in [1.807, 2.05) is 30.3 Å². The molecule has 1 aliphatic rings. The molecule has 8 heteroatoms. The van der Waals surface area contributed by atoms with Crippen LogP contribution in [0.25, 0.3) is 22.3 Å². The van der Waals surface area contributed by atoms with Crippen LogP contribution in [-0.2, 0) is 0 Å². The summed E-state index contributed by atoms with van der Waals surface area (Å²) in [5, 5.41) is 8.34. The Bertz CT molecular complexity index is 1050. The molecule has 0 radical (unpaired) electrons. The molecule has 1 aliphatic heterocycles. The Morgan fingerprint density at radius 3 is 2.97 bits per heavy atom. The summed E-state index contributed by atoms with van der Waals surface area (Å²) < 4.78 is 6.32. The molecule has 29 heavy (non-hydrogen) atoms. The summed E-state index contributed by atoms with van der Waals surface area (Å²) in [5.41, 5.74) is 0.227. The summed E-state index contributed by atoms with van der Waals surface area (Å²) in [6, 6.07) is 9.87. The van der Waals surface area contributed by atoms with Crippen molar-refractivity contribution in [3.8, 4) is 17.4 Å². The van der Waals surface area contributed by atoms with Gasteiger partial charge in [-0.3, -0.25) is 9.88 Å². The molecule has 152 valence electrons. The van der Waals surface area contributed by atoms with Crippen molar-refractivity contribution in [1.82, 2.24) is 30.0 Å². The molecule has 2 N–H and O–H groups in total. The van der Waals surface area contributed by atoms with Gasteiger partial charge < -0.3 is 9.64 Å². The fraction of sp³-hybridized carbons (Fsp3) is 0.381. The van der Waals surface area contributed by atoms with Crippen LogP contribution in [0, 0.1) is 0 Å². The van der Waals surface area contributed by atoms with Gasteiger partial charge in [0.15, 0.2) is 5.82 Å². The van der Waals surface area contributed by atoms with Crippen LogP contribution in [0.4, 0.5) is 0 Å². The van der Waals surface area contributed by atoms with Gasteiger partial charge in [-0.1, -0.05) is 30.4 Å². The lowest BCUT2D eigenvalue weighted by Crippen LogP contribution is -2.25. The van der Waals surface area contributed by atoms with Gasteiger partial charge in [-0.2, -0.15) is 5.10 Å². The number of fused-ring (bicyclic) bond motifs is 1. The lowest BCUT2D eigenvalue weighted by molar-refractivity contribution is 0.199. The highest BCUT2D eigenvalue weighted by Crippen LogP contribution is 2.29. The zero-order chi connectivity index (χ0) is 20.2. The van der Waals surface area contributed by atoms with Crippen molar-refractivity contribution < 1.29 is 4.74 Å². The first kappa shape index (κ1) is 19.4. The van der Waals surface area contributed by atoms with Crippen molar-refractivity contribution >= 4 is 10.8 Å². The molecule has 0 bridgehead atoms. The average molecular weight is 394 g/mol. The Balaban J connectivity index is 1.50. The van der Waals surface area contributed by atoms with Crippen LogP contribution in [0.15, 0.2) is 47.3 Å². The summed E-state index contributed by atoms with van der Waals surface area (Å²) in [4.78, 5) is 23.3. The monoisotopic (exact) mass is 394 g/mol. The van der Waals surface area contributed by atoms with E-state index in [2.05, 4.69) is 56.2 Å². The van der Waals surface area contributed by atoms with Crippen molar-refractivity contribution in [2.75, 3.05) is 40.3 Å². The summed E-state index contributed by atoms with van der Waals surface area (Å²) in [7, 11) is 4.13. The number of aromatic nitrogens is 4. The van der Waals surface area contributed by atoms with Gasteiger partial charge in [-0.05, 0) is 38.0 Å². The summed E-state index contributed by atoms with van der Waals surface area (Å²) >= 11 is 0. The predicted molar refractivity (Wildman–Crippen MR) is 113 cm³/mol. The molecule has 0 saturated carbocycles. The molecule has 1 fully saturated rings. The fourth-order valence-electron chi connectivity index (χ4n) is 3.50. The van der Waals surface area contributed by atoms with Crippen molar-refractivity contribution in [2.45, 2.75) is 12.5 Å². The van der Waals surface area contributed by atoms with Crippen LogP contribution < -0.4 is 10.4 Å². The van der Waals surface area contributed by atoms with Crippen molar-refractivity contribution in [3.63, 3.8) is 0 Å². The zero-order valence-corrected chi connectivity index (χ0v) is 16.8. The molecule has 3 aromatic rings. The quantitative estimate of drug-likeness (QED) is 0.595. The molecule has 8 nitrogen and oxygen atoms in total.